The largest absolute Gasteiger partial charge is 0.361 e. The van der Waals surface area contributed by atoms with Crippen molar-refractivity contribution in [3.8, 4) is 0 Å². The summed E-state index contributed by atoms with van der Waals surface area (Å²) >= 11 is 0. The predicted octanol–water partition coefficient (Wildman–Crippen LogP) is 1.84. The Labute approximate surface area is 178 Å². The summed E-state index contributed by atoms with van der Waals surface area (Å²) < 4.78 is 7.08. The quantitative estimate of drug-likeness (QED) is 0.403. The van der Waals surface area contributed by atoms with Crippen molar-refractivity contribution in [1.29, 1.82) is 0 Å². The van der Waals surface area contributed by atoms with Crippen LogP contribution in [0.15, 0.2) is 15.6 Å². The first kappa shape index (κ1) is 21.7. The lowest BCUT2D eigenvalue weighted by molar-refractivity contribution is 0.169. The molecular weight excluding hydrogens is 457 g/mol. The Morgan fingerprint density at radius 3 is 2.44 bits per heavy atom. The van der Waals surface area contributed by atoms with E-state index in [1.54, 1.807) is 0 Å². The lowest BCUT2D eigenvalue weighted by atomic mass is 10.2. The van der Waals surface area contributed by atoms with Crippen LogP contribution in [0.1, 0.15) is 28.4 Å². The summed E-state index contributed by atoms with van der Waals surface area (Å²) in [5, 5.41) is 12.1. The van der Waals surface area contributed by atoms with Gasteiger partial charge in [-0.25, -0.2) is 0 Å². The van der Waals surface area contributed by atoms with Gasteiger partial charge in [-0.15, -0.1) is 24.0 Å². The van der Waals surface area contributed by atoms with Crippen molar-refractivity contribution in [1.82, 2.24) is 30.1 Å². The van der Waals surface area contributed by atoms with E-state index in [0.717, 1.165) is 62.4 Å². The van der Waals surface area contributed by atoms with Crippen molar-refractivity contribution in [2.24, 2.45) is 12.0 Å². The van der Waals surface area contributed by atoms with Gasteiger partial charge in [0, 0.05) is 70.7 Å². The molecule has 0 spiro atoms. The van der Waals surface area contributed by atoms with Crippen molar-refractivity contribution in [3.05, 3.63) is 34.5 Å². The molecule has 0 radical (unpaired) electrons. The third-order valence-corrected chi connectivity index (χ3v) is 5.03. The second kappa shape index (κ2) is 9.54. The molecule has 0 amide bonds. The summed E-state index contributed by atoms with van der Waals surface area (Å²) in [6, 6.07) is 2.01. The Morgan fingerprint density at radius 2 is 1.93 bits per heavy atom. The third-order valence-electron chi connectivity index (χ3n) is 5.03. The van der Waals surface area contributed by atoms with Gasteiger partial charge in [-0.05, 0) is 20.8 Å². The Hall–Kier alpha value is -1.62. The molecule has 1 aliphatic rings. The highest BCUT2D eigenvalue weighted by molar-refractivity contribution is 14.0. The number of aromatic nitrogens is 3. The van der Waals surface area contributed by atoms with Crippen LogP contribution in [0.4, 0.5) is 0 Å². The number of hydrogen-bond acceptors (Lipinski definition) is 5. The van der Waals surface area contributed by atoms with Crippen LogP contribution in [-0.2, 0) is 20.1 Å². The maximum absolute atomic E-state index is 5.15. The van der Waals surface area contributed by atoms with Crippen LogP contribution in [0.3, 0.4) is 0 Å². The molecule has 0 atom stereocenters. The van der Waals surface area contributed by atoms with E-state index in [1.165, 1.54) is 11.3 Å². The van der Waals surface area contributed by atoms with Crippen LogP contribution in [0.2, 0.25) is 0 Å². The summed E-state index contributed by atoms with van der Waals surface area (Å²) in [7, 11) is 3.83. The molecule has 8 nitrogen and oxygen atoms in total. The van der Waals surface area contributed by atoms with Gasteiger partial charge in [-0.2, -0.15) is 5.10 Å². The average Bonchev–Trinajstić information content (AvgIpc) is 3.13. The summed E-state index contributed by atoms with van der Waals surface area (Å²) in [5.74, 6) is 1.81. The smallest absolute Gasteiger partial charge is 0.194 e. The van der Waals surface area contributed by atoms with E-state index in [4.69, 9.17) is 4.52 Å². The van der Waals surface area contributed by atoms with Gasteiger partial charge < -0.3 is 14.7 Å². The highest BCUT2D eigenvalue weighted by atomic mass is 127. The lowest BCUT2D eigenvalue weighted by Crippen LogP contribution is -2.52. The lowest BCUT2D eigenvalue weighted by Gasteiger charge is -2.36. The molecule has 0 saturated carbocycles. The molecular formula is C18H30IN7O. The molecule has 0 bridgehead atoms. The molecule has 1 fully saturated rings. The van der Waals surface area contributed by atoms with Gasteiger partial charge in [-0.1, -0.05) is 5.16 Å². The van der Waals surface area contributed by atoms with Crippen LogP contribution < -0.4 is 5.32 Å². The molecule has 1 N–H and O–H groups in total. The maximum Gasteiger partial charge on any atom is 0.194 e. The Morgan fingerprint density at radius 1 is 1.22 bits per heavy atom. The molecule has 150 valence electrons. The number of rotatable bonds is 4. The summed E-state index contributed by atoms with van der Waals surface area (Å²) in [6.07, 6.45) is 0. The summed E-state index contributed by atoms with van der Waals surface area (Å²) in [6.45, 7) is 11.5. The van der Waals surface area contributed by atoms with Gasteiger partial charge in [0.25, 0.3) is 0 Å². The maximum atomic E-state index is 5.15. The SMILES string of the molecule is CN=C(NCc1c(C)nn(C)c1C)N1CCN(Cc2cc(C)on2)CC1.I. The molecule has 1 aliphatic heterocycles. The van der Waals surface area contributed by atoms with Crippen molar-refractivity contribution in [3.63, 3.8) is 0 Å². The van der Waals surface area contributed by atoms with Crippen LogP contribution in [0.25, 0.3) is 0 Å². The number of aliphatic imine (C=N–C) groups is 1. The van der Waals surface area contributed by atoms with E-state index < -0.39 is 0 Å². The van der Waals surface area contributed by atoms with Gasteiger partial charge in [0.15, 0.2) is 5.96 Å². The van der Waals surface area contributed by atoms with Gasteiger partial charge in [-0.3, -0.25) is 14.6 Å². The fraction of sp³-hybridized carbons (Fsp3) is 0.611. The summed E-state index contributed by atoms with van der Waals surface area (Å²) in [5.41, 5.74) is 4.51. The van der Waals surface area contributed by atoms with Crippen LogP contribution >= 0.6 is 24.0 Å². The normalized spacial score (nSPS) is 15.7. The van der Waals surface area contributed by atoms with Gasteiger partial charge in [0.1, 0.15) is 5.76 Å². The fourth-order valence-electron chi connectivity index (χ4n) is 3.41. The summed E-state index contributed by atoms with van der Waals surface area (Å²) in [4.78, 5) is 9.17. The van der Waals surface area contributed by atoms with Crippen molar-refractivity contribution in [2.75, 3.05) is 33.2 Å². The molecule has 9 heteroatoms. The molecule has 27 heavy (non-hydrogen) atoms. The number of piperazine rings is 1. The first-order valence-corrected chi connectivity index (χ1v) is 9.07. The number of hydrogen-bond donors (Lipinski definition) is 1. The van der Waals surface area contributed by atoms with Crippen LogP contribution in [-0.4, -0.2) is 63.9 Å². The molecule has 3 rings (SSSR count). The highest BCUT2D eigenvalue weighted by Crippen LogP contribution is 2.12. The minimum atomic E-state index is 0. The Bertz CT molecular complexity index is 775. The fourth-order valence-corrected chi connectivity index (χ4v) is 3.41. The first-order valence-electron chi connectivity index (χ1n) is 9.07. The van der Waals surface area contributed by atoms with Crippen LogP contribution in [0, 0.1) is 20.8 Å². The molecule has 0 aromatic carbocycles. The zero-order chi connectivity index (χ0) is 18.7. The zero-order valence-corrected chi connectivity index (χ0v) is 19.2. The van der Waals surface area contributed by atoms with E-state index >= 15 is 0 Å². The molecule has 0 unspecified atom stereocenters. The van der Waals surface area contributed by atoms with Gasteiger partial charge in [0.05, 0.1) is 11.4 Å². The van der Waals surface area contributed by atoms with E-state index in [2.05, 4.69) is 44.2 Å². The Balaban J connectivity index is 0.00000261. The average molecular weight is 487 g/mol. The molecule has 2 aromatic heterocycles. The minimum Gasteiger partial charge on any atom is -0.361 e. The monoisotopic (exact) mass is 487 g/mol. The first-order chi connectivity index (χ1) is 12.5. The van der Waals surface area contributed by atoms with E-state index in [1.807, 2.05) is 31.8 Å². The minimum absolute atomic E-state index is 0. The number of guanidine groups is 1. The van der Waals surface area contributed by atoms with Crippen LogP contribution in [0.5, 0.6) is 0 Å². The molecule has 3 heterocycles. The number of nitrogens with zero attached hydrogens (tertiary/aromatic N) is 6. The number of nitrogens with one attached hydrogen (secondary N) is 1. The van der Waals surface area contributed by atoms with Crippen molar-refractivity contribution in [2.45, 2.75) is 33.9 Å². The number of aryl methyl sites for hydroxylation is 3. The predicted molar refractivity (Wildman–Crippen MR) is 116 cm³/mol. The zero-order valence-electron chi connectivity index (χ0n) is 16.8. The van der Waals surface area contributed by atoms with Gasteiger partial charge in [0.2, 0.25) is 0 Å². The topological polar surface area (TPSA) is 74.7 Å². The van der Waals surface area contributed by atoms with Crippen molar-refractivity contribution < 1.29 is 4.52 Å². The highest BCUT2D eigenvalue weighted by Gasteiger charge is 2.21. The van der Waals surface area contributed by atoms with Crippen molar-refractivity contribution >= 4 is 29.9 Å². The van der Waals surface area contributed by atoms with E-state index in [9.17, 15) is 0 Å². The second-order valence-corrected chi connectivity index (χ2v) is 6.87. The Kier molecular flexibility index (Phi) is 7.66. The van der Waals surface area contributed by atoms with Gasteiger partial charge >= 0.3 is 0 Å². The molecule has 2 aromatic rings. The number of halogens is 1. The third kappa shape index (κ3) is 5.22. The molecule has 1 saturated heterocycles. The van der Waals surface area contributed by atoms with E-state index in [0.29, 0.717) is 0 Å². The molecule has 0 aliphatic carbocycles. The van der Waals surface area contributed by atoms with E-state index in [-0.39, 0.29) is 24.0 Å². The second-order valence-electron chi connectivity index (χ2n) is 6.87. The standard InChI is InChI=1S/C18H29N7O.HI/c1-13-10-16(22-26-13)12-24-6-8-25(9-7-24)18(19-4)20-11-17-14(2)21-23(5)15(17)3;/h10H,6-9,11-12H2,1-5H3,(H,19,20);1H.